The lowest BCUT2D eigenvalue weighted by Crippen LogP contribution is -2.25. The van der Waals surface area contributed by atoms with Crippen LogP contribution in [0.5, 0.6) is 5.88 Å². The summed E-state index contributed by atoms with van der Waals surface area (Å²) >= 11 is 0. The van der Waals surface area contributed by atoms with E-state index in [1.807, 2.05) is 0 Å². The van der Waals surface area contributed by atoms with Gasteiger partial charge in [0.2, 0.25) is 5.88 Å². The lowest BCUT2D eigenvalue weighted by molar-refractivity contribution is 0.0290. The van der Waals surface area contributed by atoms with E-state index in [0.717, 1.165) is 12.1 Å². The molecule has 0 saturated heterocycles. The van der Waals surface area contributed by atoms with Gasteiger partial charge in [0.05, 0.1) is 20.4 Å². The van der Waals surface area contributed by atoms with Crippen LogP contribution in [-0.4, -0.2) is 46.9 Å². The van der Waals surface area contributed by atoms with Crippen molar-refractivity contribution in [2.75, 3.05) is 14.2 Å². The van der Waals surface area contributed by atoms with Gasteiger partial charge in [-0.25, -0.2) is 9.59 Å². The third kappa shape index (κ3) is 3.32. The Kier molecular flexibility index (Phi) is 3.89. The summed E-state index contributed by atoms with van der Waals surface area (Å²) in [6.07, 6.45) is -0.631. The number of rotatable bonds is 2. The molecule has 1 rings (SSSR count). The van der Waals surface area contributed by atoms with Crippen LogP contribution in [0.25, 0.3) is 0 Å². The van der Waals surface area contributed by atoms with E-state index in [2.05, 4.69) is 34.5 Å². The van der Waals surface area contributed by atoms with E-state index in [9.17, 15) is 9.59 Å². The molecular weight excluding hydrogens is 224 g/mol. The Balaban J connectivity index is 2.60. The molecule has 0 aliphatic carbocycles. The van der Waals surface area contributed by atoms with Gasteiger partial charge in [-0.3, -0.25) is 15.0 Å². The Morgan fingerprint density at radius 2 is 1.94 bits per heavy atom. The molecule has 0 saturated carbocycles. The first-order chi connectivity index (χ1) is 7.65. The third-order valence-electron chi connectivity index (χ3n) is 1.29. The van der Waals surface area contributed by atoms with Crippen LogP contribution in [0.3, 0.4) is 0 Å². The number of carbonyl (C=O) groups is 2. The highest BCUT2D eigenvalue weighted by molar-refractivity contribution is 5.62. The summed E-state index contributed by atoms with van der Waals surface area (Å²) in [5.41, 5.74) is 0. The van der Waals surface area contributed by atoms with Crippen molar-refractivity contribution in [2.45, 2.75) is 0 Å². The lowest BCUT2D eigenvalue weighted by Gasteiger charge is -2.07. The van der Waals surface area contributed by atoms with Crippen molar-refractivity contribution in [2.24, 2.45) is 0 Å². The van der Waals surface area contributed by atoms with Gasteiger partial charge in [-0.1, -0.05) is 0 Å². The van der Waals surface area contributed by atoms with Gasteiger partial charge in [-0.05, 0) is 4.96 Å². The monoisotopic (exact) mass is 234 g/mol. The molecule has 10 nitrogen and oxygen atoms in total. The maximum Gasteiger partial charge on any atom is 0.536 e. The first-order valence-corrected chi connectivity index (χ1v) is 3.95. The summed E-state index contributed by atoms with van der Waals surface area (Å²) in [5, 5.41) is 7.10. The molecule has 90 valence electrons. The number of carbonyl (C=O) groups excluding carboxylic acids is 2. The van der Waals surface area contributed by atoms with Crippen LogP contribution < -0.4 is 9.57 Å². The largest absolute Gasteiger partial charge is 0.536 e. The zero-order chi connectivity index (χ0) is 12.0. The maximum atomic E-state index is 10.7. The summed E-state index contributed by atoms with van der Waals surface area (Å²) in [6.45, 7) is 0. The number of hydrogen-bond acceptors (Lipinski definition) is 6. The molecule has 0 fully saturated rings. The molecule has 0 spiro atoms. The summed E-state index contributed by atoms with van der Waals surface area (Å²) < 4.78 is 13.1. The molecule has 0 bridgehead atoms. The average molecular weight is 234 g/mol. The van der Waals surface area contributed by atoms with Crippen LogP contribution >= 0.6 is 0 Å². The van der Waals surface area contributed by atoms with Gasteiger partial charge >= 0.3 is 12.3 Å². The fraction of sp³-hybridized carbons (Fsp3) is 0.333. The second-order valence-electron chi connectivity index (χ2n) is 2.27. The summed E-state index contributed by atoms with van der Waals surface area (Å²) in [6, 6.07) is 0. The highest BCUT2D eigenvalue weighted by Crippen LogP contribution is 1.99. The van der Waals surface area contributed by atoms with E-state index < -0.39 is 12.3 Å². The Hall–Kier alpha value is -2.52. The SMILES string of the molecule is COC(=O)Oc1c[nH]n(OC(=O)OC)[nH][nH]1. The molecule has 0 aliphatic heterocycles. The van der Waals surface area contributed by atoms with Crippen molar-refractivity contribution in [1.82, 2.24) is 20.4 Å². The first kappa shape index (κ1) is 11.6. The highest BCUT2D eigenvalue weighted by Gasteiger charge is 2.05. The smallest absolute Gasteiger partial charge is 0.437 e. The van der Waals surface area contributed by atoms with Crippen molar-refractivity contribution < 1.29 is 28.6 Å². The standard InChI is InChI=1S/C6H10N4O6/c1-13-5(11)15-4-3-7-10(9-8-4)16-6(12)14-2/h3,7-9H,1-2H3. The minimum atomic E-state index is -0.937. The molecular formula is C6H10N4O6. The van der Waals surface area contributed by atoms with Crippen LogP contribution in [0.4, 0.5) is 9.59 Å². The van der Waals surface area contributed by atoms with Crippen molar-refractivity contribution in [1.29, 1.82) is 0 Å². The minimum absolute atomic E-state index is 0.0246. The number of ether oxygens (including phenoxy) is 3. The lowest BCUT2D eigenvalue weighted by atomic mass is 10.8. The number of methoxy groups -OCH3 is 2. The molecule has 0 aromatic carbocycles. The molecule has 3 N–H and O–H groups in total. The Labute approximate surface area is 88.6 Å². The van der Waals surface area contributed by atoms with Gasteiger partial charge in [-0.15, -0.1) is 0 Å². The average Bonchev–Trinajstić information content (AvgIpc) is 2.31. The van der Waals surface area contributed by atoms with E-state index in [1.54, 1.807) is 0 Å². The van der Waals surface area contributed by atoms with E-state index in [1.165, 1.54) is 13.3 Å². The molecule has 0 amide bonds. The second kappa shape index (κ2) is 5.38. The van der Waals surface area contributed by atoms with Gasteiger partial charge < -0.3 is 14.2 Å². The molecule has 0 atom stereocenters. The van der Waals surface area contributed by atoms with Crippen LogP contribution in [0.2, 0.25) is 0 Å². The van der Waals surface area contributed by atoms with Crippen LogP contribution in [0.15, 0.2) is 6.20 Å². The highest BCUT2D eigenvalue weighted by atomic mass is 16.8. The van der Waals surface area contributed by atoms with Crippen molar-refractivity contribution in [3.63, 3.8) is 0 Å². The molecule has 0 unspecified atom stereocenters. The summed E-state index contributed by atoms with van der Waals surface area (Å²) in [7, 11) is 2.32. The molecule has 10 heteroatoms. The number of aromatic amines is 3. The zero-order valence-electron chi connectivity index (χ0n) is 8.47. The first-order valence-electron chi connectivity index (χ1n) is 3.95. The van der Waals surface area contributed by atoms with Gasteiger partial charge in [0, 0.05) is 0 Å². The fourth-order valence-electron chi connectivity index (χ4n) is 0.639. The van der Waals surface area contributed by atoms with Crippen LogP contribution in [0.1, 0.15) is 0 Å². The maximum absolute atomic E-state index is 10.7. The summed E-state index contributed by atoms with van der Waals surface area (Å²) in [4.78, 5) is 26.6. The van der Waals surface area contributed by atoms with Crippen molar-refractivity contribution in [3.05, 3.63) is 6.20 Å². The van der Waals surface area contributed by atoms with Crippen LogP contribution in [-0.2, 0) is 9.47 Å². The molecule has 1 heterocycles. The number of hydrogen-bond donors (Lipinski definition) is 3. The Morgan fingerprint density at radius 3 is 2.44 bits per heavy atom. The molecule has 16 heavy (non-hydrogen) atoms. The van der Waals surface area contributed by atoms with E-state index in [-0.39, 0.29) is 5.88 Å². The Bertz CT molecular complexity index is 342. The third-order valence-corrected chi connectivity index (χ3v) is 1.29. The summed E-state index contributed by atoms with van der Waals surface area (Å²) in [5.74, 6) is 0.0246. The van der Waals surface area contributed by atoms with E-state index >= 15 is 0 Å². The number of nitrogens with one attached hydrogen (secondary N) is 3. The van der Waals surface area contributed by atoms with Crippen molar-refractivity contribution in [3.8, 4) is 5.88 Å². The molecule has 0 aliphatic rings. The zero-order valence-corrected chi connectivity index (χ0v) is 8.47. The predicted molar refractivity (Wildman–Crippen MR) is 47.1 cm³/mol. The van der Waals surface area contributed by atoms with Gasteiger partial charge in [0.1, 0.15) is 0 Å². The van der Waals surface area contributed by atoms with Crippen LogP contribution in [0, 0.1) is 0 Å². The molecule has 1 aromatic heterocycles. The fourth-order valence-corrected chi connectivity index (χ4v) is 0.639. The van der Waals surface area contributed by atoms with E-state index in [0.29, 0.717) is 0 Å². The number of aromatic nitrogens is 4. The molecule has 1 aromatic rings. The van der Waals surface area contributed by atoms with Crippen molar-refractivity contribution >= 4 is 12.3 Å². The van der Waals surface area contributed by atoms with Gasteiger partial charge in [0.15, 0.2) is 0 Å². The number of nitrogens with zero attached hydrogens (tertiary/aromatic N) is 1. The van der Waals surface area contributed by atoms with E-state index in [4.69, 9.17) is 0 Å². The Morgan fingerprint density at radius 1 is 1.25 bits per heavy atom. The van der Waals surface area contributed by atoms with Gasteiger partial charge in [0.25, 0.3) is 0 Å². The minimum Gasteiger partial charge on any atom is -0.437 e. The second-order valence-corrected chi connectivity index (χ2v) is 2.27. The topological polar surface area (TPSA) is 123 Å². The number of H-pyrrole nitrogens is 3. The quantitative estimate of drug-likeness (QED) is 0.486. The predicted octanol–water partition coefficient (Wildman–Crippen LogP) is -0.0630. The normalized spacial score (nSPS) is 9.12. The molecule has 0 radical (unpaired) electrons. The van der Waals surface area contributed by atoms with Gasteiger partial charge in [-0.2, -0.15) is 5.21 Å².